The summed E-state index contributed by atoms with van der Waals surface area (Å²) < 4.78 is 14.7. The minimum atomic E-state index is -1.08. The molecule has 1 atom stereocenters. The van der Waals surface area contributed by atoms with Gasteiger partial charge >= 0.3 is 0 Å². The summed E-state index contributed by atoms with van der Waals surface area (Å²) >= 11 is 6.28. The quantitative estimate of drug-likeness (QED) is 0.670. The fourth-order valence-corrected chi connectivity index (χ4v) is 2.69. The molecule has 1 aromatic rings. The van der Waals surface area contributed by atoms with Crippen LogP contribution in [0.3, 0.4) is 0 Å². The third-order valence-corrected chi connectivity index (χ3v) is 4.10. The molecule has 5 heteroatoms. The smallest absolute Gasteiger partial charge is 0.145 e. The maximum atomic E-state index is 14.1. The van der Waals surface area contributed by atoms with Crippen molar-refractivity contribution >= 4 is 37.6 Å². The number of carbonyl (C=O) groups is 1. The van der Waals surface area contributed by atoms with Crippen LogP contribution in [0.15, 0.2) is 22.7 Å². The molecule has 0 fully saturated rings. The highest BCUT2D eigenvalue weighted by Crippen LogP contribution is 2.35. The van der Waals surface area contributed by atoms with Crippen LogP contribution < -0.4 is 0 Å². The van der Waals surface area contributed by atoms with E-state index < -0.39 is 11.2 Å². The van der Waals surface area contributed by atoms with Crippen LogP contribution in [-0.4, -0.2) is 11.1 Å². The van der Waals surface area contributed by atoms with E-state index in [1.54, 1.807) is 12.1 Å². The monoisotopic (exact) mass is 389 g/mol. The van der Waals surface area contributed by atoms with E-state index in [-0.39, 0.29) is 17.5 Å². The normalized spacial score (nSPS) is 13.6. The molecule has 0 radical (unpaired) electrons. The van der Waals surface area contributed by atoms with E-state index in [0.717, 1.165) is 0 Å². The van der Waals surface area contributed by atoms with E-state index in [1.165, 1.54) is 6.07 Å². The minimum absolute atomic E-state index is 0.0289. The van der Waals surface area contributed by atoms with Crippen molar-refractivity contribution in [1.29, 1.82) is 5.26 Å². The van der Waals surface area contributed by atoms with E-state index in [1.807, 2.05) is 6.92 Å². The fraction of sp³-hybridized carbons (Fsp3) is 0.429. The number of hydrogen-bond donors (Lipinski definition) is 0. The van der Waals surface area contributed by atoms with Gasteiger partial charge in [0.25, 0.3) is 0 Å². The average molecular weight is 391 g/mol. The van der Waals surface area contributed by atoms with Crippen LogP contribution in [0, 0.1) is 17.1 Å². The number of ketones is 1. The predicted molar refractivity (Wildman–Crippen MR) is 79.7 cm³/mol. The molecule has 0 bridgehead atoms. The minimum Gasteiger partial charge on any atom is -0.299 e. The Morgan fingerprint density at radius 3 is 2.68 bits per heavy atom. The molecule has 0 aliphatic heterocycles. The van der Waals surface area contributed by atoms with Crippen molar-refractivity contribution in [1.82, 2.24) is 0 Å². The van der Waals surface area contributed by atoms with Crippen molar-refractivity contribution in [3.63, 3.8) is 0 Å². The molecule has 0 heterocycles. The summed E-state index contributed by atoms with van der Waals surface area (Å²) in [6.07, 6.45) is 1.20. The molecule has 0 aliphatic carbocycles. The van der Waals surface area contributed by atoms with Crippen LogP contribution in [0.4, 0.5) is 4.39 Å². The van der Waals surface area contributed by atoms with Gasteiger partial charge in [0, 0.05) is 16.5 Å². The average Bonchev–Trinajstić information content (AvgIpc) is 2.38. The first-order valence-corrected chi connectivity index (χ1v) is 7.85. The molecule has 0 amide bonds. The van der Waals surface area contributed by atoms with E-state index in [0.29, 0.717) is 22.9 Å². The number of nitrogens with zero attached hydrogens (tertiary/aromatic N) is 1. The number of alkyl halides is 1. The second-order valence-electron chi connectivity index (χ2n) is 4.42. The standard InChI is InChI=1S/C14H14Br2FNO/c1-2-5-14(9-18,7-11(19)8-15)12-4-3-10(16)6-13(12)17/h3-4,6H,2,5,7-8H2,1H3. The summed E-state index contributed by atoms with van der Waals surface area (Å²) in [6, 6.07) is 6.77. The zero-order valence-corrected chi connectivity index (χ0v) is 13.7. The Morgan fingerprint density at radius 1 is 1.53 bits per heavy atom. The van der Waals surface area contributed by atoms with E-state index in [4.69, 9.17) is 0 Å². The summed E-state index contributed by atoms with van der Waals surface area (Å²) in [7, 11) is 0. The molecule has 19 heavy (non-hydrogen) atoms. The lowest BCUT2D eigenvalue weighted by atomic mass is 9.74. The van der Waals surface area contributed by atoms with Crippen molar-refractivity contribution in [2.24, 2.45) is 0 Å². The molecule has 0 saturated carbocycles. The van der Waals surface area contributed by atoms with Gasteiger partial charge in [0.1, 0.15) is 11.6 Å². The van der Waals surface area contributed by atoms with Crippen LogP contribution in [0.1, 0.15) is 31.7 Å². The maximum absolute atomic E-state index is 14.1. The van der Waals surface area contributed by atoms with Gasteiger partial charge in [-0.05, 0) is 18.6 Å². The molecule has 0 spiro atoms. The highest BCUT2D eigenvalue weighted by atomic mass is 79.9. The van der Waals surface area contributed by atoms with E-state index in [2.05, 4.69) is 37.9 Å². The Kier molecular flexibility index (Phi) is 6.15. The Balaban J connectivity index is 3.29. The molecule has 0 aliphatic rings. The molecular formula is C14H14Br2FNO. The topological polar surface area (TPSA) is 40.9 Å². The Hall–Kier alpha value is -0.730. The van der Waals surface area contributed by atoms with Gasteiger partial charge < -0.3 is 0 Å². The van der Waals surface area contributed by atoms with Gasteiger partial charge in [-0.15, -0.1) is 0 Å². The molecule has 0 saturated heterocycles. The number of halogens is 3. The first-order valence-electron chi connectivity index (χ1n) is 5.93. The van der Waals surface area contributed by atoms with E-state index >= 15 is 0 Å². The van der Waals surface area contributed by atoms with Crippen molar-refractivity contribution in [3.8, 4) is 6.07 Å². The van der Waals surface area contributed by atoms with Gasteiger partial charge in [-0.1, -0.05) is 51.3 Å². The number of hydrogen-bond acceptors (Lipinski definition) is 2. The van der Waals surface area contributed by atoms with Crippen molar-refractivity contribution in [2.75, 3.05) is 5.33 Å². The van der Waals surface area contributed by atoms with E-state index in [9.17, 15) is 14.4 Å². The second-order valence-corrected chi connectivity index (χ2v) is 5.89. The largest absolute Gasteiger partial charge is 0.299 e. The predicted octanol–water partition coefficient (Wildman–Crippen LogP) is 4.50. The lowest BCUT2D eigenvalue weighted by Crippen LogP contribution is -2.29. The van der Waals surface area contributed by atoms with Gasteiger partial charge in [-0.2, -0.15) is 5.26 Å². The molecule has 0 aromatic heterocycles. The van der Waals surface area contributed by atoms with Crippen LogP contribution in [0.25, 0.3) is 0 Å². The van der Waals surface area contributed by atoms with Crippen LogP contribution in [0.2, 0.25) is 0 Å². The fourth-order valence-electron chi connectivity index (χ4n) is 2.16. The SMILES string of the molecule is CCCC(C#N)(CC(=O)CBr)c1ccc(Br)cc1F. The highest BCUT2D eigenvalue weighted by molar-refractivity contribution is 9.10. The molecule has 102 valence electrons. The van der Waals surface area contributed by atoms with Crippen molar-refractivity contribution < 1.29 is 9.18 Å². The zero-order valence-electron chi connectivity index (χ0n) is 10.5. The van der Waals surface area contributed by atoms with Crippen LogP contribution >= 0.6 is 31.9 Å². The molecule has 2 nitrogen and oxygen atoms in total. The number of benzene rings is 1. The molecule has 1 rings (SSSR count). The highest BCUT2D eigenvalue weighted by Gasteiger charge is 2.36. The first-order chi connectivity index (χ1) is 8.99. The molecule has 1 aromatic carbocycles. The van der Waals surface area contributed by atoms with Gasteiger partial charge in [-0.25, -0.2) is 4.39 Å². The molecular weight excluding hydrogens is 377 g/mol. The second kappa shape index (κ2) is 7.16. The van der Waals surface area contributed by atoms with Gasteiger partial charge in [-0.3, -0.25) is 4.79 Å². The molecule has 0 N–H and O–H groups in total. The van der Waals surface area contributed by atoms with Crippen LogP contribution in [-0.2, 0) is 10.2 Å². The van der Waals surface area contributed by atoms with Gasteiger partial charge in [0.05, 0.1) is 16.8 Å². The van der Waals surface area contributed by atoms with Crippen molar-refractivity contribution in [2.45, 2.75) is 31.6 Å². The number of rotatable bonds is 6. The number of nitriles is 1. The maximum Gasteiger partial charge on any atom is 0.145 e. The summed E-state index contributed by atoms with van der Waals surface area (Å²) in [5.74, 6) is -0.552. The van der Waals surface area contributed by atoms with Crippen molar-refractivity contribution in [3.05, 3.63) is 34.1 Å². The Labute approximate surface area is 129 Å². The third kappa shape index (κ3) is 3.87. The Bertz CT molecular complexity index is 513. The lowest BCUT2D eigenvalue weighted by molar-refractivity contribution is -0.117. The lowest BCUT2D eigenvalue weighted by Gasteiger charge is -2.26. The first kappa shape index (κ1) is 16.3. The van der Waals surface area contributed by atoms with Gasteiger partial charge in [0.2, 0.25) is 0 Å². The summed E-state index contributed by atoms with van der Waals surface area (Å²) in [5, 5.41) is 9.68. The summed E-state index contributed by atoms with van der Waals surface area (Å²) in [5.41, 5.74) is -0.779. The zero-order chi connectivity index (χ0) is 14.5. The molecule has 1 unspecified atom stereocenters. The van der Waals surface area contributed by atoms with Crippen LogP contribution in [0.5, 0.6) is 0 Å². The van der Waals surface area contributed by atoms with Gasteiger partial charge in [0.15, 0.2) is 0 Å². The summed E-state index contributed by atoms with van der Waals surface area (Å²) in [4.78, 5) is 11.7. The number of carbonyl (C=O) groups excluding carboxylic acids is 1. The summed E-state index contributed by atoms with van der Waals surface area (Å²) in [6.45, 7) is 1.92. The number of Topliss-reactive ketones (excluding diaryl/α,β-unsaturated/α-hetero) is 1. The Morgan fingerprint density at radius 2 is 2.21 bits per heavy atom. The third-order valence-electron chi connectivity index (χ3n) is 2.99.